The molecule has 0 aromatic carbocycles. The second-order valence-corrected chi connectivity index (χ2v) is 6.16. The lowest BCUT2D eigenvalue weighted by molar-refractivity contribution is 0.0738. The van der Waals surface area contributed by atoms with Crippen molar-refractivity contribution in [3.8, 4) is 0 Å². The van der Waals surface area contributed by atoms with E-state index >= 15 is 0 Å². The summed E-state index contributed by atoms with van der Waals surface area (Å²) < 4.78 is 0. The Morgan fingerprint density at radius 3 is 2.29 bits per heavy atom. The fraction of sp³-hybridized carbons (Fsp3) is 0.750. The Bertz CT molecular complexity index is 454. The zero-order valence-electron chi connectivity index (χ0n) is 13.9. The summed E-state index contributed by atoms with van der Waals surface area (Å²) in [6.45, 7) is 6.13. The maximum absolute atomic E-state index is 4.48. The van der Waals surface area contributed by atoms with Crippen LogP contribution in [0.15, 0.2) is 6.33 Å². The predicted molar refractivity (Wildman–Crippen MR) is 88.9 cm³/mol. The van der Waals surface area contributed by atoms with Gasteiger partial charge in [-0.2, -0.15) is 0 Å². The standard InChI is InChI=1S/C16H29N5/c1-5-8-13-14(17-6-2)19-12-20-15(13)18-11-16(21(3)4)9-7-10-16/h12H,5-11H2,1-4H3,(H2,17,18,19,20). The monoisotopic (exact) mass is 291 g/mol. The summed E-state index contributed by atoms with van der Waals surface area (Å²) in [7, 11) is 4.36. The van der Waals surface area contributed by atoms with Gasteiger partial charge in [0.25, 0.3) is 0 Å². The summed E-state index contributed by atoms with van der Waals surface area (Å²) in [6, 6.07) is 0. The van der Waals surface area contributed by atoms with Crippen LogP contribution in [0.4, 0.5) is 11.6 Å². The Morgan fingerprint density at radius 2 is 1.81 bits per heavy atom. The molecule has 2 rings (SSSR count). The van der Waals surface area contributed by atoms with Gasteiger partial charge in [-0.1, -0.05) is 13.3 Å². The first-order valence-corrected chi connectivity index (χ1v) is 8.12. The Hall–Kier alpha value is -1.36. The van der Waals surface area contributed by atoms with Gasteiger partial charge in [-0.25, -0.2) is 9.97 Å². The first-order valence-electron chi connectivity index (χ1n) is 8.12. The quantitative estimate of drug-likeness (QED) is 0.771. The smallest absolute Gasteiger partial charge is 0.134 e. The van der Waals surface area contributed by atoms with Crippen LogP contribution in [0.5, 0.6) is 0 Å². The van der Waals surface area contributed by atoms with E-state index in [0.717, 1.165) is 37.6 Å². The summed E-state index contributed by atoms with van der Waals surface area (Å²) >= 11 is 0. The van der Waals surface area contributed by atoms with Gasteiger partial charge in [0.05, 0.1) is 0 Å². The lowest BCUT2D eigenvalue weighted by Gasteiger charge is -2.47. The van der Waals surface area contributed by atoms with Crippen molar-refractivity contribution in [3.63, 3.8) is 0 Å². The van der Waals surface area contributed by atoms with Crippen LogP contribution in [0.1, 0.15) is 45.1 Å². The third-order valence-corrected chi connectivity index (χ3v) is 4.61. The molecule has 0 saturated heterocycles. The van der Waals surface area contributed by atoms with Gasteiger partial charge in [0, 0.05) is 24.2 Å². The zero-order chi connectivity index (χ0) is 15.3. The third kappa shape index (κ3) is 3.46. The minimum Gasteiger partial charge on any atom is -0.370 e. The molecule has 1 aliphatic carbocycles. The molecule has 1 heterocycles. The maximum Gasteiger partial charge on any atom is 0.134 e. The molecule has 2 N–H and O–H groups in total. The number of hydrogen-bond acceptors (Lipinski definition) is 5. The van der Waals surface area contributed by atoms with Crippen molar-refractivity contribution in [2.45, 2.75) is 51.5 Å². The van der Waals surface area contributed by atoms with Crippen LogP contribution in [0.3, 0.4) is 0 Å². The van der Waals surface area contributed by atoms with Crippen LogP contribution in [0.2, 0.25) is 0 Å². The number of rotatable bonds is 8. The molecule has 1 aromatic rings. The van der Waals surface area contributed by atoms with Crippen molar-refractivity contribution in [1.29, 1.82) is 0 Å². The maximum atomic E-state index is 4.48. The van der Waals surface area contributed by atoms with E-state index in [2.05, 4.69) is 53.4 Å². The van der Waals surface area contributed by atoms with Crippen LogP contribution in [-0.2, 0) is 6.42 Å². The summed E-state index contributed by atoms with van der Waals surface area (Å²) in [5.41, 5.74) is 1.52. The van der Waals surface area contributed by atoms with Gasteiger partial charge in [-0.15, -0.1) is 0 Å². The van der Waals surface area contributed by atoms with Gasteiger partial charge < -0.3 is 15.5 Å². The van der Waals surface area contributed by atoms with Gasteiger partial charge in [-0.05, 0) is 46.7 Å². The molecule has 0 bridgehead atoms. The van der Waals surface area contributed by atoms with Gasteiger partial charge in [-0.3, -0.25) is 0 Å². The topological polar surface area (TPSA) is 53.1 Å². The SMILES string of the molecule is CCCc1c(NCC)ncnc1NCC1(N(C)C)CCC1. The molecule has 1 fully saturated rings. The first-order chi connectivity index (χ1) is 10.1. The summed E-state index contributed by atoms with van der Waals surface area (Å²) in [5, 5.41) is 6.94. The van der Waals surface area contributed by atoms with E-state index in [4.69, 9.17) is 0 Å². The minimum atomic E-state index is 0.298. The van der Waals surface area contributed by atoms with Crippen molar-refractivity contribution in [2.75, 3.05) is 37.8 Å². The Labute approximate surface area is 128 Å². The second kappa shape index (κ2) is 7.07. The molecule has 0 unspecified atom stereocenters. The number of hydrogen-bond donors (Lipinski definition) is 2. The number of nitrogens with one attached hydrogen (secondary N) is 2. The highest BCUT2D eigenvalue weighted by Crippen LogP contribution is 2.36. The van der Waals surface area contributed by atoms with Crippen LogP contribution >= 0.6 is 0 Å². The Morgan fingerprint density at radius 1 is 1.14 bits per heavy atom. The molecule has 0 radical (unpaired) electrons. The molecule has 118 valence electrons. The van der Waals surface area contributed by atoms with Gasteiger partial charge in [0.1, 0.15) is 18.0 Å². The zero-order valence-corrected chi connectivity index (χ0v) is 13.9. The minimum absolute atomic E-state index is 0.298. The molecule has 5 heteroatoms. The van der Waals surface area contributed by atoms with Crippen LogP contribution in [0, 0.1) is 0 Å². The molecule has 1 aromatic heterocycles. The second-order valence-electron chi connectivity index (χ2n) is 6.16. The predicted octanol–water partition coefficient (Wildman–Crippen LogP) is 2.76. The van der Waals surface area contributed by atoms with E-state index < -0.39 is 0 Å². The van der Waals surface area contributed by atoms with Crippen molar-refractivity contribution in [1.82, 2.24) is 14.9 Å². The van der Waals surface area contributed by atoms with Crippen LogP contribution in [0.25, 0.3) is 0 Å². The van der Waals surface area contributed by atoms with Gasteiger partial charge in [0.15, 0.2) is 0 Å². The lowest BCUT2D eigenvalue weighted by atomic mass is 9.75. The average Bonchev–Trinajstić information content (AvgIpc) is 2.40. The molecule has 0 atom stereocenters. The van der Waals surface area contributed by atoms with E-state index in [1.807, 2.05) is 0 Å². The molecule has 1 aliphatic rings. The van der Waals surface area contributed by atoms with E-state index in [1.54, 1.807) is 6.33 Å². The largest absolute Gasteiger partial charge is 0.370 e. The number of likely N-dealkylation sites (N-methyl/N-ethyl adjacent to an activating group) is 1. The highest BCUT2D eigenvalue weighted by atomic mass is 15.2. The average molecular weight is 291 g/mol. The van der Waals surface area contributed by atoms with E-state index in [-0.39, 0.29) is 0 Å². The van der Waals surface area contributed by atoms with E-state index in [1.165, 1.54) is 24.8 Å². The highest BCUT2D eigenvalue weighted by Gasteiger charge is 2.38. The molecular weight excluding hydrogens is 262 g/mol. The number of aromatic nitrogens is 2. The van der Waals surface area contributed by atoms with Gasteiger partial charge >= 0.3 is 0 Å². The first kappa shape index (κ1) is 16.0. The molecule has 0 aliphatic heterocycles. The molecule has 0 amide bonds. The molecule has 21 heavy (non-hydrogen) atoms. The molecule has 5 nitrogen and oxygen atoms in total. The normalized spacial score (nSPS) is 16.6. The van der Waals surface area contributed by atoms with Crippen LogP contribution in [-0.4, -0.2) is 47.6 Å². The summed E-state index contributed by atoms with van der Waals surface area (Å²) in [5.74, 6) is 1.97. The van der Waals surface area contributed by atoms with E-state index in [0.29, 0.717) is 5.54 Å². The molecule has 1 saturated carbocycles. The molecule has 0 spiro atoms. The van der Waals surface area contributed by atoms with Crippen molar-refractivity contribution in [3.05, 3.63) is 11.9 Å². The number of anilines is 2. The fourth-order valence-corrected chi connectivity index (χ4v) is 2.99. The Kier molecular flexibility index (Phi) is 5.39. The van der Waals surface area contributed by atoms with Gasteiger partial charge in [0.2, 0.25) is 0 Å². The van der Waals surface area contributed by atoms with Crippen molar-refractivity contribution < 1.29 is 0 Å². The van der Waals surface area contributed by atoms with Crippen molar-refractivity contribution >= 4 is 11.6 Å². The van der Waals surface area contributed by atoms with Crippen LogP contribution < -0.4 is 10.6 Å². The summed E-state index contributed by atoms with van der Waals surface area (Å²) in [6.07, 6.45) is 7.61. The van der Waals surface area contributed by atoms with E-state index in [9.17, 15) is 0 Å². The molecular formula is C16H29N5. The third-order valence-electron chi connectivity index (χ3n) is 4.61. The summed E-state index contributed by atoms with van der Waals surface area (Å²) in [4.78, 5) is 11.2. The fourth-order valence-electron chi connectivity index (χ4n) is 2.99. The van der Waals surface area contributed by atoms with Crippen molar-refractivity contribution in [2.24, 2.45) is 0 Å². The highest BCUT2D eigenvalue weighted by molar-refractivity contribution is 5.57. The lowest BCUT2D eigenvalue weighted by Crippen LogP contribution is -2.54. The number of nitrogens with zero attached hydrogens (tertiary/aromatic N) is 3. The Balaban J connectivity index is 2.13.